The fraction of sp³-hybridized carbons (Fsp3) is 0.188. The topological polar surface area (TPSA) is 17.1 Å². The SMILES string of the molecule is Cc1cccc(C)c1CC(=O)c1ccccc1. The molecule has 0 aromatic heterocycles. The van der Waals surface area contributed by atoms with Crippen LogP contribution in [0.15, 0.2) is 48.5 Å². The molecule has 0 unspecified atom stereocenters. The molecule has 0 aliphatic rings. The van der Waals surface area contributed by atoms with Gasteiger partial charge in [-0.15, -0.1) is 0 Å². The fourth-order valence-corrected chi connectivity index (χ4v) is 2.01. The molecular weight excluding hydrogens is 208 g/mol. The van der Waals surface area contributed by atoms with Gasteiger partial charge in [0.15, 0.2) is 5.78 Å². The van der Waals surface area contributed by atoms with Gasteiger partial charge in [-0.2, -0.15) is 0 Å². The van der Waals surface area contributed by atoms with Crippen molar-refractivity contribution < 1.29 is 4.79 Å². The molecule has 0 saturated heterocycles. The number of aryl methyl sites for hydroxylation is 2. The minimum Gasteiger partial charge on any atom is -0.294 e. The predicted octanol–water partition coefficient (Wildman–Crippen LogP) is 3.73. The summed E-state index contributed by atoms with van der Waals surface area (Å²) in [6.07, 6.45) is 0.489. The van der Waals surface area contributed by atoms with Crippen LogP contribution in [0.1, 0.15) is 27.0 Å². The monoisotopic (exact) mass is 224 g/mol. The van der Waals surface area contributed by atoms with Crippen molar-refractivity contribution in [2.75, 3.05) is 0 Å². The largest absolute Gasteiger partial charge is 0.294 e. The van der Waals surface area contributed by atoms with Gasteiger partial charge >= 0.3 is 0 Å². The first-order chi connectivity index (χ1) is 8.18. The van der Waals surface area contributed by atoms with Crippen LogP contribution >= 0.6 is 0 Å². The minimum absolute atomic E-state index is 0.183. The summed E-state index contributed by atoms with van der Waals surface area (Å²) in [7, 11) is 0. The number of rotatable bonds is 3. The Bertz CT molecular complexity index is 506. The van der Waals surface area contributed by atoms with Crippen LogP contribution in [0.2, 0.25) is 0 Å². The first-order valence-corrected chi connectivity index (χ1v) is 5.82. The molecule has 0 heterocycles. The average Bonchev–Trinajstić information content (AvgIpc) is 2.35. The van der Waals surface area contributed by atoms with Crippen molar-refractivity contribution in [3.63, 3.8) is 0 Å². The van der Waals surface area contributed by atoms with Crippen LogP contribution in [0.5, 0.6) is 0 Å². The molecule has 1 nitrogen and oxygen atoms in total. The Balaban J connectivity index is 2.25. The van der Waals surface area contributed by atoms with Gasteiger partial charge in [-0.1, -0.05) is 48.5 Å². The molecule has 0 spiro atoms. The van der Waals surface area contributed by atoms with Gasteiger partial charge in [0, 0.05) is 12.0 Å². The quantitative estimate of drug-likeness (QED) is 0.726. The molecule has 2 aromatic rings. The molecule has 2 rings (SSSR count). The van der Waals surface area contributed by atoms with Gasteiger partial charge in [0.25, 0.3) is 0 Å². The summed E-state index contributed by atoms with van der Waals surface area (Å²) in [5, 5.41) is 0. The lowest BCUT2D eigenvalue weighted by Crippen LogP contribution is -2.06. The molecule has 0 aliphatic carbocycles. The Hall–Kier alpha value is -1.89. The maximum Gasteiger partial charge on any atom is 0.167 e. The molecular formula is C16H16O. The van der Waals surface area contributed by atoms with Crippen LogP contribution in [0, 0.1) is 13.8 Å². The van der Waals surface area contributed by atoms with E-state index < -0.39 is 0 Å². The van der Waals surface area contributed by atoms with Crippen molar-refractivity contribution in [3.8, 4) is 0 Å². The summed E-state index contributed by atoms with van der Waals surface area (Å²) in [4.78, 5) is 12.1. The van der Waals surface area contributed by atoms with Crippen LogP contribution in [0.3, 0.4) is 0 Å². The summed E-state index contributed by atoms with van der Waals surface area (Å²) in [6.45, 7) is 4.11. The minimum atomic E-state index is 0.183. The first kappa shape index (κ1) is 11.6. The average molecular weight is 224 g/mol. The van der Waals surface area contributed by atoms with Crippen molar-refractivity contribution in [1.29, 1.82) is 0 Å². The zero-order valence-corrected chi connectivity index (χ0v) is 10.2. The third-order valence-electron chi connectivity index (χ3n) is 3.08. The molecule has 0 radical (unpaired) electrons. The molecule has 86 valence electrons. The van der Waals surface area contributed by atoms with Gasteiger partial charge in [-0.3, -0.25) is 4.79 Å². The third kappa shape index (κ3) is 2.62. The standard InChI is InChI=1S/C16H16O/c1-12-7-6-8-13(2)15(12)11-16(17)14-9-4-3-5-10-14/h3-10H,11H2,1-2H3. The summed E-state index contributed by atoms with van der Waals surface area (Å²) < 4.78 is 0. The lowest BCUT2D eigenvalue weighted by Gasteiger charge is -2.08. The Labute approximate surface area is 102 Å². The number of benzene rings is 2. The maximum absolute atomic E-state index is 12.1. The van der Waals surface area contributed by atoms with E-state index in [0.717, 1.165) is 11.1 Å². The van der Waals surface area contributed by atoms with E-state index in [0.29, 0.717) is 6.42 Å². The van der Waals surface area contributed by atoms with Gasteiger partial charge in [0.1, 0.15) is 0 Å². The lowest BCUT2D eigenvalue weighted by molar-refractivity contribution is 0.0992. The van der Waals surface area contributed by atoms with Gasteiger partial charge in [-0.05, 0) is 30.5 Å². The lowest BCUT2D eigenvalue weighted by atomic mass is 9.96. The second-order valence-electron chi connectivity index (χ2n) is 4.34. The van der Waals surface area contributed by atoms with E-state index in [1.807, 2.05) is 36.4 Å². The highest BCUT2D eigenvalue weighted by Crippen LogP contribution is 2.16. The van der Waals surface area contributed by atoms with Crippen molar-refractivity contribution in [2.45, 2.75) is 20.3 Å². The van der Waals surface area contributed by atoms with Crippen molar-refractivity contribution >= 4 is 5.78 Å². The van der Waals surface area contributed by atoms with E-state index in [2.05, 4.69) is 26.0 Å². The molecule has 0 bridgehead atoms. The number of hydrogen-bond acceptors (Lipinski definition) is 1. The van der Waals surface area contributed by atoms with E-state index in [9.17, 15) is 4.79 Å². The van der Waals surface area contributed by atoms with E-state index in [-0.39, 0.29) is 5.78 Å². The summed E-state index contributed by atoms with van der Waals surface area (Å²) in [5.41, 5.74) is 4.32. The molecule has 0 atom stereocenters. The predicted molar refractivity (Wildman–Crippen MR) is 70.4 cm³/mol. The molecule has 0 aliphatic heterocycles. The summed E-state index contributed by atoms with van der Waals surface area (Å²) in [6, 6.07) is 15.6. The summed E-state index contributed by atoms with van der Waals surface area (Å²) >= 11 is 0. The third-order valence-corrected chi connectivity index (χ3v) is 3.08. The van der Waals surface area contributed by atoms with Crippen molar-refractivity contribution in [1.82, 2.24) is 0 Å². The molecule has 0 fully saturated rings. The first-order valence-electron chi connectivity index (χ1n) is 5.82. The number of carbonyl (C=O) groups excluding carboxylic acids is 1. The van der Waals surface area contributed by atoms with Crippen LogP contribution in [-0.4, -0.2) is 5.78 Å². The second kappa shape index (κ2) is 4.96. The molecule has 0 saturated carbocycles. The highest BCUT2D eigenvalue weighted by molar-refractivity contribution is 5.97. The second-order valence-corrected chi connectivity index (χ2v) is 4.34. The van der Waals surface area contributed by atoms with Crippen molar-refractivity contribution in [3.05, 3.63) is 70.8 Å². The smallest absolute Gasteiger partial charge is 0.167 e. The van der Waals surface area contributed by atoms with E-state index in [4.69, 9.17) is 0 Å². The number of ketones is 1. The zero-order valence-electron chi connectivity index (χ0n) is 10.2. The Kier molecular flexibility index (Phi) is 3.38. The van der Waals surface area contributed by atoms with Crippen LogP contribution in [0.4, 0.5) is 0 Å². The van der Waals surface area contributed by atoms with Crippen LogP contribution < -0.4 is 0 Å². The van der Waals surface area contributed by atoms with Crippen LogP contribution in [0.25, 0.3) is 0 Å². The van der Waals surface area contributed by atoms with E-state index >= 15 is 0 Å². The Morgan fingerprint density at radius 2 is 1.47 bits per heavy atom. The Morgan fingerprint density at radius 3 is 2.06 bits per heavy atom. The highest BCUT2D eigenvalue weighted by Gasteiger charge is 2.09. The number of carbonyl (C=O) groups is 1. The fourth-order valence-electron chi connectivity index (χ4n) is 2.01. The zero-order chi connectivity index (χ0) is 12.3. The van der Waals surface area contributed by atoms with Gasteiger partial charge in [0.2, 0.25) is 0 Å². The van der Waals surface area contributed by atoms with Crippen molar-refractivity contribution in [2.24, 2.45) is 0 Å². The number of Topliss-reactive ketones (excluding diaryl/α,β-unsaturated/α-hetero) is 1. The van der Waals surface area contributed by atoms with Gasteiger partial charge < -0.3 is 0 Å². The Morgan fingerprint density at radius 1 is 0.882 bits per heavy atom. The number of hydrogen-bond donors (Lipinski definition) is 0. The maximum atomic E-state index is 12.1. The van der Waals surface area contributed by atoms with E-state index in [1.165, 1.54) is 11.1 Å². The normalized spacial score (nSPS) is 10.2. The molecule has 2 aromatic carbocycles. The van der Waals surface area contributed by atoms with Gasteiger partial charge in [-0.25, -0.2) is 0 Å². The highest BCUT2D eigenvalue weighted by atomic mass is 16.1. The van der Waals surface area contributed by atoms with E-state index in [1.54, 1.807) is 0 Å². The molecule has 0 amide bonds. The van der Waals surface area contributed by atoms with Gasteiger partial charge in [0.05, 0.1) is 0 Å². The summed E-state index contributed by atoms with van der Waals surface area (Å²) in [5.74, 6) is 0.183. The molecule has 17 heavy (non-hydrogen) atoms. The molecule has 1 heteroatoms. The van der Waals surface area contributed by atoms with Crippen LogP contribution in [-0.2, 0) is 6.42 Å². The molecule has 0 N–H and O–H groups in total.